The van der Waals surface area contributed by atoms with Crippen LogP contribution in [0.1, 0.15) is 16.7 Å². The van der Waals surface area contributed by atoms with E-state index < -0.39 is 0 Å². The smallest absolute Gasteiger partial charge is 0.166 e. The molecule has 2 aromatic rings. The van der Waals surface area contributed by atoms with Gasteiger partial charge in [0.15, 0.2) is 11.5 Å². The Kier molecular flexibility index (Phi) is 4.36. The summed E-state index contributed by atoms with van der Waals surface area (Å²) >= 11 is 0. The molecule has 4 nitrogen and oxygen atoms in total. The summed E-state index contributed by atoms with van der Waals surface area (Å²) in [6.45, 7) is 2.87. The maximum Gasteiger partial charge on any atom is 0.166 e. The molecule has 2 rings (SSSR count). The minimum atomic E-state index is 0.415. The van der Waals surface area contributed by atoms with E-state index in [0.29, 0.717) is 24.7 Å². The highest BCUT2D eigenvalue weighted by Gasteiger charge is 2.09. The maximum atomic E-state index is 5.85. The van der Waals surface area contributed by atoms with Crippen molar-refractivity contribution in [1.82, 2.24) is 4.98 Å². The lowest BCUT2D eigenvalue weighted by Crippen LogP contribution is -2.04. The molecule has 0 bridgehead atoms. The van der Waals surface area contributed by atoms with Crippen LogP contribution >= 0.6 is 0 Å². The summed E-state index contributed by atoms with van der Waals surface area (Å²) < 4.78 is 11.1. The molecule has 2 N–H and O–H groups in total. The number of nitrogens with zero attached hydrogens (tertiary/aromatic N) is 1. The average Bonchev–Trinajstić information content (AvgIpc) is 2.44. The van der Waals surface area contributed by atoms with Gasteiger partial charge in [-0.3, -0.25) is 4.98 Å². The number of hydrogen-bond donors (Lipinski definition) is 1. The Labute approximate surface area is 113 Å². The van der Waals surface area contributed by atoms with Gasteiger partial charge in [0.05, 0.1) is 7.11 Å². The normalized spacial score (nSPS) is 10.3. The van der Waals surface area contributed by atoms with Crippen molar-refractivity contribution >= 4 is 0 Å². The van der Waals surface area contributed by atoms with Crippen LogP contribution in [-0.2, 0) is 13.2 Å². The molecule has 0 atom stereocenters. The van der Waals surface area contributed by atoms with Crippen molar-refractivity contribution in [2.45, 2.75) is 20.1 Å². The minimum absolute atomic E-state index is 0.415. The number of methoxy groups -OCH3 is 1. The van der Waals surface area contributed by atoms with E-state index in [2.05, 4.69) is 4.98 Å². The molecule has 0 aliphatic heterocycles. The van der Waals surface area contributed by atoms with Gasteiger partial charge in [-0.2, -0.15) is 0 Å². The fourth-order valence-corrected chi connectivity index (χ4v) is 1.90. The van der Waals surface area contributed by atoms with E-state index in [0.717, 1.165) is 16.7 Å². The molecule has 19 heavy (non-hydrogen) atoms. The zero-order chi connectivity index (χ0) is 13.7. The zero-order valence-corrected chi connectivity index (χ0v) is 11.2. The van der Waals surface area contributed by atoms with Crippen molar-refractivity contribution in [2.75, 3.05) is 7.11 Å². The lowest BCUT2D eigenvalue weighted by molar-refractivity contribution is 0.281. The predicted molar refractivity (Wildman–Crippen MR) is 74.2 cm³/mol. The molecule has 1 heterocycles. The zero-order valence-electron chi connectivity index (χ0n) is 11.2. The molecular weight excluding hydrogens is 240 g/mol. The molecular formula is C15H18N2O2. The summed E-state index contributed by atoms with van der Waals surface area (Å²) in [5.74, 6) is 1.40. The minimum Gasteiger partial charge on any atom is -0.493 e. The van der Waals surface area contributed by atoms with Crippen LogP contribution in [0.4, 0.5) is 0 Å². The Morgan fingerprint density at radius 1 is 1.26 bits per heavy atom. The van der Waals surface area contributed by atoms with Crippen LogP contribution in [0.15, 0.2) is 36.7 Å². The number of para-hydroxylation sites is 1. The first-order chi connectivity index (χ1) is 9.24. The third-order valence-electron chi connectivity index (χ3n) is 2.82. The van der Waals surface area contributed by atoms with Gasteiger partial charge in [0, 0.05) is 30.1 Å². The Bertz CT molecular complexity index is 533. The predicted octanol–water partition coefficient (Wildman–Crippen LogP) is 2.44. The Hall–Kier alpha value is -2.07. The van der Waals surface area contributed by atoms with Gasteiger partial charge in [0.25, 0.3) is 0 Å². The first kappa shape index (κ1) is 13.4. The molecule has 0 spiro atoms. The summed E-state index contributed by atoms with van der Waals surface area (Å²) in [7, 11) is 1.62. The number of ether oxygens (including phenoxy) is 2. The molecule has 0 unspecified atom stereocenters. The second-order valence-electron chi connectivity index (χ2n) is 4.31. The quantitative estimate of drug-likeness (QED) is 0.895. The van der Waals surface area contributed by atoms with E-state index in [-0.39, 0.29) is 0 Å². The van der Waals surface area contributed by atoms with E-state index >= 15 is 0 Å². The molecule has 0 saturated carbocycles. The van der Waals surface area contributed by atoms with Crippen molar-refractivity contribution in [3.8, 4) is 11.5 Å². The molecule has 1 aromatic heterocycles. The van der Waals surface area contributed by atoms with E-state index in [1.807, 2.05) is 37.4 Å². The van der Waals surface area contributed by atoms with Crippen molar-refractivity contribution in [3.63, 3.8) is 0 Å². The highest BCUT2D eigenvalue weighted by molar-refractivity contribution is 5.46. The largest absolute Gasteiger partial charge is 0.493 e. The van der Waals surface area contributed by atoms with Crippen molar-refractivity contribution < 1.29 is 9.47 Å². The maximum absolute atomic E-state index is 5.85. The molecule has 0 saturated heterocycles. The number of aromatic nitrogens is 1. The lowest BCUT2D eigenvalue weighted by Gasteiger charge is -2.14. The molecule has 0 amide bonds. The van der Waals surface area contributed by atoms with E-state index in [1.54, 1.807) is 13.3 Å². The monoisotopic (exact) mass is 258 g/mol. The highest BCUT2D eigenvalue weighted by atomic mass is 16.5. The fraction of sp³-hybridized carbons (Fsp3) is 0.267. The van der Waals surface area contributed by atoms with E-state index in [9.17, 15) is 0 Å². The summed E-state index contributed by atoms with van der Waals surface area (Å²) in [5, 5.41) is 0. The summed E-state index contributed by atoms with van der Waals surface area (Å²) in [6.07, 6.45) is 3.61. The van der Waals surface area contributed by atoms with Gasteiger partial charge in [-0.05, 0) is 24.6 Å². The topological polar surface area (TPSA) is 57.4 Å². The van der Waals surface area contributed by atoms with Crippen molar-refractivity contribution in [2.24, 2.45) is 5.73 Å². The molecule has 4 heteroatoms. The fourth-order valence-electron chi connectivity index (χ4n) is 1.90. The van der Waals surface area contributed by atoms with Gasteiger partial charge in [0.1, 0.15) is 6.61 Å². The third-order valence-corrected chi connectivity index (χ3v) is 2.82. The lowest BCUT2D eigenvalue weighted by atomic mass is 10.2. The number of rotatable bonds is 5. The molecule has 100 valence electrons. The van der Waals surface area contributed by atoms with Crippen LogP contribution < -0.4 is 15.2 Å². The van der Waals surface area contributed by atoms with Gasteiger partial charge in [0.2, 0.25) is 0 Å². The number of aryl methyl sites for hydroxylation is 1. The van der Waals surface area contributed by atoms with Gasteiger partial charge in [-0.25, -0.2) is 0 Å². The SMILES string of the molecule is COc1cccc(CN)c1OCc1cncc(C)c1. The summed E-state index contributed by atoms with van der Waals surface area (Å²) in [5.41, 5.74) is 8.78. The van der Waals surface area contributed by atoms with E-state index in [4.69, 9.17) is 15.2 Å². The van der Waals surface area contributed by atoms with Crippen LogP contribution in [0.25, 0.3) is 0 Å². The first-order valence-corrected chi connectivity index (χ1v) is 6.14. The van der Waals surface area contributed by atoms with Crippen LogP contribution in [0.3, 0.4) is 0 Å². The Morgan fingerprint density at radius 3 is 2.79 bits per heavy atom. The molecule has 0 radical (unpaired) electrons. The van der Waals surface area contributed by atoms with E-state index in [1.165, 1.54) is 0 Å². The molecule has 0 aliphatic carbocycles. The number of hydrogen-bond acceptors (Lipinski definition) is 4. The standard InChI is InChI=1S/C15H18N2O2/c1-11-6-12(9-17-8-11)10-19-15-13(7-16)4-3-5-14(15)18-2/h3-6,8-9H,7,10,16H2,1-2H3. The van der Waals surface area contributed by atoms with Crippen molar-refractivity contribution in [3.05, 3.63) is 53.3 Å². The van der Waals surface area contributed by atoms with Crippen LogP contribution in [0.2, 0.25) is 0 Å². The van der Waals surface area contributed by atoms with Crippen LogP contribution in [0.5, 0.6) is 11.5 Å². The van der Waals surface area contributed by atoms with Crippen LogP contribution in [0, 0.1) is 6.92 Å². The highest BCUT2D eigenvalue weighted by Crippen LogP contribution is 2.31. The summed E-state index contributed by atoms with van der Waals surface area (Å²) in [6, 6.07) is 7.75. The van der Waals surface area contributed by atoms with Crippen LogP contribution in [-0.4, -0.2) is 12.1 Å². The van der Waals surface area contributed by atoms with Crippen molar-refractivity contribution in [1.29, 1.82) is 0 Å². The first-order valence-electron chi connectivity index (χ1n) is 6.14. The molecule has 0 fully saturated rings. The average molecular weight is 258 g/mol. The number of benzene rings is 1. The van der Waals surface area contributed by atoms with Gasteiger partial charge in [-0.1, -0.05) is 12.1 Å². The molecule has 0 aliphatic rings. The second kappa shape index (κ2) is 6.20. The Morgan fingerprint density at radius 2 is 2.11 bits per heavy atom. The third kappa shape index (κ3) is 3.23. The summed E-state index contributed by atoms with van der Waals surface area (Å²) in [4.78, 5) is 4.15. The van der Waals surface area contributed by atoms with Gasteiger partial charge >= 0.3 is 0 Å². The second-order valence-corrected chi connectivity index (χ2v) is 4.31. The molecule has 1 aromatic carbocycles. The number of pyridine rings is 1. The number of nitrogens with two attached hydrogens (primary N) is 1. The Balaban J connectivity index is 2.19. The van der Waals surface area contributed by atoms with Gasteiger partial charge < -0.3 is 15.2 Å². The van der Waals surface area contributed by atoms with Gasteiger partial charge in [-0.15, -0.1) is 0 Å².